The van der Waals surface area contributed by atoms with Gasteiger partial charge in [0.05, 0.1) is 5.56 Å². The summed E-state index contributed by atoms with van der Waals surface area (Å²) in [4.78, 5) is 25.0. The summed E-state index contributed by atoms with van der Waals surface area (Å²) in [6.07, 6.45) is 0. The van der Waals surface area contributed by atoms with Crippen LogP contribution in [-0.2, 0) is 6.54 Å². The Bertz CT molecular complexity index is 832. The van der Waals surface area contributed by atoms with E-state index in [1.165, 1.54) is 30.3 Å². The van der Waals surface area contributed by atoms with Gasteiger partial charge in [0.15, 0.2) is 5.78 Å². The normalized spacial score (nSPS) is 17.1. The molecule has 3 rings (SSSR count). The first kappa shape index (κ1) is 16.4. The number of nitrogens with zero attached hydrogens (tertiary/aromatic N) is 1. The predicted octanol–water partition coefficient (Wildman–Crippen LogP) is 3.31. The second-order valence-corrected chi connectivity index (χ2v) is 7.32. The number of halogens is 1. The Morgan fingerprint density at radius 1 is 1.17 bits per heavy atom. The number of aromatic nitrogens is 1. The third-order valence-corrected chi connectivity index (χ3v) is 4.68. The zero-order chi connectivity index (χ0) is 17.5. The summed E-state index contributed by atoms with van der Waals surface area (Å²) in [5.41, 5.74) is 0.773. The zero-order valence-electron chi connectivity index (χ0n) is 14.1. The van der Waals surface area contributed by atoms with E-state index in [4.69, 9.17) is 0 Å². The molecule has 0 saturated carbocycles. The third-order valence-electron chi connectivity index (χ3n) is 4.68. The second kappa shape index (κ2) is 5.89. The van der Waals surface area contributed by atoms with Gasteiger partial charge in [-0.15, -0.1) is 0 Å². The standard InChI is InChI=1S/C19H21FN2O2/c1-19(2,3)13-10-21-18-15(8-9-16(23)22(18)11-13)17(24)12-4-6-14(20)7-5-12/h4-9,13,21H,10-11H2,1-3H3. The topological polar surface area (TPSA) is 51.1 Å². The van der Waals surface area contributed by atoms with Gasteiger partial charge in [0.1, 0.15) is 11.6 Å². The lowest BCUT2D eigenvalue weighted by atomic mass is 9.79. The number of carbonyl (C=O) groups is 1. The van der Waals surface area contributed by atoms with E-state index in [1.54, 1.807) is 10.6 Å². The minimum atomic E-state index is -0.385. The van der Waals surface area contributed by atoms with Crippen LogP contribution in [0.2, 0.25) is 0 Å². The van der Waals surface area contributed by atoms with Crippen LogP contribution in [0.5, 0.6) is 0 Å². The smallest absolute Gasteiger partial charge is 0.252 e. The van der Waals surface area contributed by atoms with Crippen LogP contribution in [0, 0.1) is 17.2 Å². The Morgan fingerprint density at radius 3 is 2.46 bits per heavy atom. The highest BCUT2D eigenvalue weighted by Gasteiger charge is 2.31. The Hall–Kier alpha value is -2.43. The van der Waals surface area contributed by atoms with Crippen molar-refractivity contribution in [3.05, 3.63) is 63.7 Å². The number of nitrogens with one attached hydrogen (secondary N) is 1. The summed E-state index contributed by atoms with van der Waals surface area (Å²) < 4.78 is 14.7. The molecule has 0 aliphatic carbocycles. The Morgan fingerprint density at radius 2 is 1.83 bits per heavy atom. The summed E-state index contributed by atoms with van der Waals surface area (Å²) in [6, 6.07) is 8.41. The Kier molecular flexibility index (Phi) is 4.03. The molecule has 0 amide bonds. The number of benzene rings is 1. The van der Waals surface area contributed by atoms with E-state index in [0.717, 1.165) is 0 Å². The maximum Gasteiger partial charge on any atom is 0.252 e. The number of ketones is 1. The SMILES string of the molecule is CC(C)(C)C1CNc2c(C(=O)c3ccc(F)cc3)ccc(=O)n2C1. The molecule has 126 valence electrons. The molecule has 2 heterocycles. The minimum Gasteiger partial charge on any atom is -0.370 e. The van der Waals surface area contributed by atoms with Crippen molar-refractivity contribution in [1.29, 1.82) is 0 Å². The molecule has 1 aliphatic heterocycles. The van der Waals surface area contributed by atoms with E-state index < -0.39 is 0 Å². The van der Waals surface area contributed by atoms with Crippen molar-refractivity contribution in [2.24, 2.45) is 11.3 Å². The quantitative estimate of drug-likeness (QED) is 0.861. The van der Waals surface area contributed by atoms with Gasteiger partial charge >= 0.3 is 0 Å². The van der Waals surface area contributed by atoms with Crippen molar-refractivity contribution in [2.75, 3.05) is 11.9 Å². The fraction of sp³-hybridized carbons (Fsp3) is 0.368. The number of fused-ring (bicyclic) bond motifs is 1. The van der Waals surface area contributed by atoms with Crippen LogP contribution >= 0.6 is 0 Å². The van der Waals surface area contributed by atoms with Crippen LogP contribution in [0.15, 0.2) is 41.2 Å². The Balaban J connectivity index is 2.02. The van der Waals surface area contributed by atoms with Gasteiger partial charge in [-0.1, -0.05) is 20.8 Å². The first-order valence-electron chi connectivity index (χ1n) is 8.05. The van der Waals surface area contributed by atoms with Crippen molar-refractivity contribution in [3.8, 4) is 0 Å². The molecule has 1 atom stereocenters. The highest BCUT2D eigenvalue weighted by Crippen LogP contribution is 2.32. The van der Waals surface area contributed by atoms with Gasteiger partial charge in [0.2, 0.25) is 0 Å². The summed E-state index contributed by atoms with van der Waals surface area (Å²) in [5.74, 6) is 0.237. The molecule has 1 aromatic heterocycles. The fourth-order valence-corrected chi connectivity index (χ4v) is 2.98. The Labute approximate surface area is 140 Å². The lowest BCUT2D eigenvalue weighted by Gasteiger charge is -2.36. The zero-order valence-corrected chi connectivity index (χ0v) is 14.1. The summed E-state index contributed by atoms with van der Waals surface area (Å²) in [5, 5.41) is 3.26. The summed E-state index contributed by atoms with van der Waals surface area (Å²) in [6.45, 7) is 7.71. The van der Waals surface area contributed by atoms with Gasteiger partial charge in [0, 0.05) is 24.7 Å². The highest BCUT2D eigenvalue weighted by atomic mass is 19.1. The molecule has 4 nitrogen and oxygen atoms in total. The van der Waals surface area contributed by atoms with Crippen LogP contribution in [0.1, 0.15) is 36.7 Å². The highest BCUT2D eigenvalue weighted by molar-refractivity contribution is 6.11. The van der Waals surface area contributed by atoms with Gasteiger partial charge < -0.3 is 5.32 Å². The molecule has 1 unspecified atom stereocenters. The number of pyridine rings is 1. The van der Waals surface area contributed by atoms with Crippen molar-refractivity contribution in [2.45, 2.75) is 27.3 Å². The van der Waals surface area contributed by atoms with Gasteiger partial charge in [-0.25, -0.2) is 4.39 Å². The third kappa shape index (κ3) is 2.98. The molecule has 2 aromatic rings. The predicted molar refractivity (Wildman–Crippen MR) is 92.0 cm³/mol. The van der Waals surface area contributed by atoms with Crippen LogP contribution in [0.4, 0.5) is 10.2 Å². The number of hydrogen-bond acceptors (Lipinski definition) is 3. The first-order chi connectivity index (χ1) is 11.3. The molecule has 0 saturated heterocycles. The van der Waals surface area contributed by atoms with E-state index in [0.29, 0.717) is 36.0 Å². The van der Waals surface area contributed by atoms with Gasteiger partial charge in [-0.2, -0.15) is 0 Å². The first-order valence-corrected chi connectivity index (χ1v) is 8.05. The van der Waals surface area contributed by atoms with Crippen LogP contribution in [-0.4, -0.2) is 16.9 Å². The van der Waals surface area contributed by atoms with Crippen LogP contribution in [0.3, 0.4) is 0 Å². The number of carbonyl (C=O) groups excluding carboxylic acids is 1. The second-order valence-electron chi connectivity index (χ2n) is 7.32. The van der Waals surface area contributed by atoms with Crippen molar-refractivity contribution in [1.82, 2.24) is 4.57 Å². The summed E-state index contributed by atoms with van der Waals surface area (Å²) >= 11 is 0. The molecule has 1 N–H and O–H groups in total. The average Bonchev–Trinajstić information content (AvgIpc) is 2.54. The largest absolute Gasteiger partial charge is 0.370 e. The molecular formula is C19H21FN2O2. The van der Waals surface area contributed by atoms with Crippen molar-refractivity contribution in [3.63, 3.8) is 0 Å². The minimum absolute atomic E-state index is 0.0566. The van der Waals surface area contributed by atoms with E-state index in [1.807, 2.05) is 0 Å². The maximum absolute atomic E-state index is 13.1. The van der Waals surface area contributed by atoms with Crippen molar-refractivity contribution < 1.29 is 9.18 Å². The number of rotatable bonds is 2. The molecular weight excluding hydrogens is 307 g/mol. The molecule has 0 fully saturated rings. The maximum atomic E-state index is 13.1. The van der Waals surface area contributed by atoms with E-state index in [9.17, 15) is 14.0 Å². The van der Waals surface area contributed by atoms with Gasteiger partial charge in [-0.3, -0.25) is 14.2 Å². The van der Waals surface area contributed by atoms with Gasteiger partial charge in [0.25, 0.3) is 5.56 Å². The van der Waals surface area contributed by atoms with Crippen molar-refractivity contribution >= 4 is 11.6 Å². The van der Waals surface area contributed by atoms with E-state index in [-0.39, 0.29) is 22.6 Å². The van der Waals surface area contributed by atoms with Crippen LogP contribution in [0.25, 0.3) is 0 Å². The molecule has 0 bridgehead atoms. The molecule has 1 aromatic carbocycles. The summed E-state index contributed by atoms with van der Waals surface area (Å²) in [7, 11) is 0. The fourth-order valence-electron chi connectivity index (χ4n) is 2.98. The number of hydrogen-bond donors (Lipinski definition) is 1. The van der Waals surface area contributed by atoms with Crippen LogP contribution < -0.4 is 10.9 Å². The average molecular weight is 328 g/mol. The van der Waals surface area contributed by atoms with E-state index >= 15 is 0 Å². The molecule has 0 spiro atoms. The molecule has 5 heteroatoms. The lowest BCUT2D eigenvalue weighted by Crippen LogP contribution is -2.41. The van der Waals surface area contributed by atoms with Gasteiger partial charge in [-0.05, 0) is 41.7 Å². The monoisotopic (exact) mass is 328 g/mol. The lowest BCUT2D eigenvalue weighted by molar-refractivity contribution is 0.103. The molecule has 24 heavy (non-hydrogen) atoms. The number of anilines is 1. The molecule has 0 radical (unpaired) electrons. The van der Waals surface area contributed by atoms with E-state index in [2.05, 4.69) is 26.1 Å². The molecule has 1 aliphatic rings.